The van der Waals surface area contributed by atoms with Crippen LogP contribution in [0.2, 0.25) is 0 Å². The molecule has 0 spiro atoms. The van der Waals surface area contributed by atoms with E-state index in [0.717, 1.165) is 0 Å². The predicted molar refractivity (Wildman–Crippen MR) is 156 cm³/mol. The van der Waals surface area contributed by atoms with Crippen molar-refractivity contribution in [3.8, 4) is 5.75 Å². The Morgan fingerprint density at radius 1 is 1.00 bits per heavy atom. The van der Waals surface area contributed by atoms with E-state index < -0.39 is 115 Å². The minimum absolute atomic E-state index is 0.201. The van der Waals surface area contributed by atoms with Gasteiger partial charge < -0.3 is 67.3 Å². The van der Waals surface area contributed by atoms with Crippen LogP contribution in [0.15, 0.2) is 18.2 Å². The normalized spacial score (nSPS) is 22.9. The van der Waals surface area contributed by atoms with Crippen molar-refractivity contribution in [1.82, 2.24) is 10.6 Å². The summed E-state index contributed by atoms with van der Waals surface area (Å²) in [5.41, 5.74) is 11.0. The molecule has 256 valence electrons. The third kappa shape index (κ3) is 10.8. The van der Waals surface area contributed by atoms with Crippen LogP contribution in [0, 0.1) is 0 Å². The highest BCUT2D eigenvalue weighted by Gasteiger charge is 2.45. The summed E-state index contributed by atoms with van der Waals surface area (Å²) in [6.45, 7) is -1.54. The number of carboxylic acid groups (broad SMARTS) is 3. The second-order valence-corrected chi connectivity index (χ2v) is 11.3. The summed E-state index contributed by atoms with van der Waals surface area (Å²) in [5, 5.41) is 69.9. The first-order valence-electron chi connectivity index (χ1n) is 13.6. The number of benzene rings is 1. The molecule has 1 aromatic carbocycles. The molecule has 0 radical (unpaired) electrons. The highest BCUT2D eigenvalue weighted by atomic mass is 32.2. The number of nitrogen functional groups attached to an aromatic ring is 1. The van der Waals surface area contributed by atoms with Gasteiger partial charge in [-0.25, -0.2) is 0 Å². The molecule has 1 aliphatic rings. The molecule has 2 rings (SSSR count). The van der Waals surface area contributed by atoms with Crippen LogP contribution in [0.4, 0.5) is 5.69 Å². The average Bonchev–Trinajstić information content (AvgIpc) is 3.00. The van der Waals surface area contributed by atoms with Crippen LogP contribution in [0.25, 0.3) is 0 Å². The quantitative estimate of drug-likeness (QED) is 0.0522. The molecule has 8 atom stereocenters. The molecule has 2 amide bonds. The number of Topliss-reactive ketones (excluding diaryl/α,β-unsaturated/α-hetero) is 1. The molecule has 1 aromatic rings. The van der Waals surface area contributed by atoms with Crippen molar-refractivity contribution in [2.45, 2.75) is 67.3 Å². The fourth-order valence-corrected chi connectivity index (χ4v) is 5.10. The van der Waals surface area contributed by atoms with Gasteiger partial charge in [-0.2, -0.15) is 0 Å². The molecule has 0 saturated carbocycles. The van der Waals surface area contributed by atoms with E-state index in [1.165, 1.54) is 18.2 Å². The molecule has 13 N–H and O–H groups in total. The van der Waals surface area contributed by atoms with Crippen molar-refractivity contribution in [1.29, 1.82) is 0 Å². The fourth-order valence-electron chi connectivity index (χ4n) is 4.03. The molecule has 0 bridgehead atoms. The lowest BCUT2D eigenvalue weighted by Gasteiger charge is -2.39. The van der Waals surface area contributed by atoms with Gasteiger partial charge in [-0.3, -0.25) is 28.8 Å². The monoisotopic (exact) mass is 676 g/mol. The zero-order valence-electron chi connectivity index (χ0n) is 24.1. The van der Waals surface area contributed by atoms with E-state index in [-0.39, 0.29) is 23.4 Å². The van der Waals surface area contributed by atoms with Crippen molar-refractivity contribution in [2.75, 3.05) is 24.6 Å². The Bertz CT molecular complexity index is 1280. The number of aliphatic hydroxyl groups is 4. The summed E-state index contributed by atoms with van der Waals surface area (Å²) in [6.07, 6.45) is -9.47. The standard InChI is InChI=1S/C26H36N4O15S/c27-11(24(40)41)4-5-17(33)30-12(23(39)29-7-18(34)35)9-46-16(25(42)43)6-13(32)10-2-1-3-14(19(10)28)44-26-22(38)21(37)20(36)15(8-31)45-26/h1-3,11-12,15-16,20-22,26,31,36-38H,4-9,27-28H2,(H,29,39)(H,30,33)(H,34,35)(H,40,41)(H,42,43)/t11-,12-,15+,16?,20+,21-,22+,26+/m0/s1. The molecule has 46 heavy (non-hydrogen) atoms. The van der Waals surface area contributed by atoms with Gasteiger partial charge in [0.1, 0.15) is 54.0 Å². The molecule has 0 aliphatic carbocycles. The van der Waals surface area contributed by atoms with Crippen LogP contribution in [0.5, 0.6) is 5.75 Å². The zero-order valence-corrected chi connectivity index (χ0v) is 24.9. The number of ether oxygens (including phenoxy) is 2. The lowest BCUT2D eigenvalue weighted by Crippen LogP contribution is -2.60. The summed E-state index contributed by atoms with van der Waals surface area (Å²) in [4.78, 5) is 71.8. The molecule has 1 unspecified atom stereocenters. The SMILES string of the molecule is Nc1c(O[C@@H]2O[C@H](CO)[C@@H](O)[C@H](O)[C@H]2O)cccc1C(=O)CC(SC[C@H](NC(=O)CC[C@H](N)C(=O)O)C(=O)NCC(=O)O)C(=O)O. The summed E-state index contributed by atoms with van der Waals surface area (Å²) < 4.78 is 10.8. The number of hydrogen-bond donors (Lipinski definition) is 11. The van der Waals surface area contributed by atoms with E-state index >= 15 is 0 Å². The van der Waals surface area contributed by atoms with E-state index in [2.05, 4.69) is 10.6 Å². The summed E-state index contributed by atoms with van der Waals surface area (Å²) >= 11 is 0.574. The van der Waals surface area contributed by atoms with Gasteiger partial charge in [-0.15, -0.1) is 11.8 Å². The van der Waals surface area contributed by atoms with Crippen molar-refractivity contribution < 1.29 is 74.0 Å². The second-order valence-electron chi connectivity index (χ2n) is 10.0. The van der Waals surface area contributed by atoms with Gasteiger partial charge in [0.15, 0.2) is 5.78 Å². The van der Waals surface area contributed by atoms with E-state index in [1.54, 1.807) is 0 Å². The van der Waals surface area contributed by atoms with E-state index in [1.807, 2.05) is 0 Å². The van der Waals surface area contributed by atoms with Gasteiger partial charge in [0, 0.05) is 24.2 Å². The maximum absolute atomic E-state index is 13.1. The van der Waals surface area contributed by atoms with Crippen molar-refractivity contribution in [2.24, 2.45) is 5.73 Å². The third-order valence-electron chi connectivity index (χ3n) is 6.63. The van der Waals surface area contributed by atoms with Crippen LogP contribution in [0.1, 0.15) is 29.6 Å². The lowest BCUT2D eigenvalue weighted by atomic mass is 9.99. The van der Waals surface area contributed by atoms with Crippen molar-refractivity contribution >= 4 is 53.0 Å². The molecule has 1 fully saturated rings. The first kappa shape index (κ1) is 38.1. The van der Waals surface area contributed by atoms with Crippen LogP contribution in [-0.4, -0.2) is 138 Å². The molecule has 1 heterocycles. The smallest absolute Gasteiger partial charge is 0.322 e. The Morgan fingerprint density at radius 3 is 2.26 bits per heavy atom. The Morgan fingerprint density at radius 2 is 1.67 bits per heavy atom. The minimum Gasteiger partial charge on any atom is -0.480 e. The number of thioether (sulfide) groups is 1. The van der Waals surface area contributed by atoms with Gasteiger partial charge >= 0.3 is 17.9 Å². The Balaban J connectivity index is 2.15. The number of para-hydroxylation sites is 1. The van der Waals surface area contributed by atoms with Gasteiger partial charge in [-0.1, -0.05) is 6.07 Å². The molecule has 20 heteroatoms. The number of aliphatic carboxylic acids is 3. The van der Waals surface area contributed by atoms with Crippen molar-refractivity contribution in [3.63, 3.8) is 0 Å². The highest BCUT2D eigenvalue weighted by Crippen LogP contribution is 2.31. The maximum Gasteiger partial charge on any atom is 0.322 e. The zero-order chi connectivity index (χ0) is 34.7. The van der Waals surface area contributed by atoms with Crippen LogP contribution in [0.3, 0.4) is 0 Å². The molecular formula is C26H36N4O15S. The van der Waals surface area contributed by atoms with Crippen LogP contribution in [-0.2, 0) is 28.7 Å². The number of carbonyl (C=O) groups is 6. The molecule has 19 nitrogen and oxygen atoms in total. The number of carboxylic acids is 3. The van der Waals surface area contributed by atoms with E-state index in [0.29, 0.717) is 11.8 Å². The average molecular weight is 677 g/mol. The number of nitrogens with two attached hydrogens (primary N) is 2. The van der Waals surface area contributed by atoms with Crippen LogP contribution >= 0.6 is 11.8 Å². The first-order valence-corrected chi connectivity index (χ1v) is 14.6. The van der Waals surface area contributed by atoms with Crippen molar-refractivity contribution in [3.05, 3.63) is 23.8 Å². The van der Waals surface area contributed by atoms with Gasteiger partial charge in [0.05, 0.1) is 12.3 Å². The second kappa shape index (κ2) is 17.6. The fraction of sp³-hybridized carbons (Fsp3) is 0.538. The number of anilines is 1. The molecule has 1 aliphatic heterocycles. The number of carbonyl (C=O) groups excluding carboxylic acids is 3. The molecule has 1 saturated heterocycles. The third-order valence-corrected chi connectivity index (χ3v) is 7.93. The lowest BCUT2D eigenvalue weighted by molar-refractivity contribution is -0.277. The number of amides is 2. The number of ketones is 1. The maximum atomic E-state index is 13.1. The number of hydrogen-bond acceptors (Lipinski definition) is 15. The van der Waals surface area contributed by atoms with Gasteiger partial charge in [0.2, 0.25) is 18.1 Å². The van der Waals surface area contributed by atoms with Gasteiger partial charge in [-0.05, 0) is 18.6 Å². The molecular weight excluding hydrogens is 640 g/mol. The molecule has 0 aromatic heterocycles. The van der Waals surface area contributed by atoms with Gasteiger partial charge in [0.25, 0.3) is 0 Å². The van der Waals surface area contributed by atoms with E-state index in [9.17, 15) is 54.3 Å². The Kier molecular flexibility index (Phi) is 14.6. The number of aliphatic hydroxyl groups excluding tert-OH is 4. The Hall–Kier alpha value is -4.05. The highest BCUT2D eigenvalue weighted by molar-refractivity contribution is 8.00. The topological polar surface area (TPSA) is 339 Å². The van der Waals surface area contributed by atoms with E-state index in [4.69, 9.17) is 31.2 Å². The largest absolute Gasteiger partial charge is 0.480 e. The summed E-state index contributed by atoms with van der Waals surface area (Å²) in [7, 11) is 0. The summed E-state index contributed by atoms with van der Waals surface area (Å²) in [6, 6.07) is 1.01. The first-order chi connectivity index (χ1) is 21.6. The summed E-state index contributed by atoms with van der Waals surface area (Å²) in [5.74, 6) is -7.49. The predicted octanol–water partition coefficient (Wildman–Crippen LogP) is -3.92. The Labute approximate surface area is 264 Å². The van der Waals surface area contributed by atoms with Crippen LogP contribution < -0.4 is 26.8 Å². The number of nitrogens with one attached hydrogen (secondary N) is 2. The number of rotatable bonds is 18. The minimum atomic E-state index is -1.78.